The van der Waals surface area contributed by atoms with Gasteiger partial charge in [0.2, 0.25) is 0 Å². The van der Waals surface area contributed by atoms with Crippen LogP contribution in [0.3, 0.4) is 0 Å². The highest BCUT2D eigenvalue weighted by Gasteiger charge is 2.31. The molecule has 0 radical (unpaired) electrons. The van der Waals surface area contributed by atoms with Crippen molar-refractivity contribution in [2.45, 2.75) is 34.6 Å². The molecule has 1 unspecified atom stereocenters. The fourth-order valence-electron chi connectivity index (χ4n) is 1.34. The van der Waals surface area contributed by atoms with Gasteiger partial charge in [-0.05, 0) is 12.3 Å². The van der Waals surface area contributed by atoms with Crippen molar-refractivity contribution in [3.63, 3.8) is 0 Å². The Bertz CT molecular complexity index is 256. The topological polar surface area (TPSA) is 26.3 Å². The molecule has 1 aliphatic rings. The van der Waals surface area contributed by atoms with Gasteiger partial charge in [0.1, 0.15) is 5.76 Å². The molecule has 0 aromatic heterocycles. The number of allylic oxidation sites excluding steroid dienone is 1. The minimum Gasteiger partial charge on any atom is -0.489 e. The van der Waals surface area contributed by atoms with E-state index in [2.05, 4.69) is 27.7 Å². The largest absolute Gasteiger partial charge is 0.489 e. The average Bonchev–Trinajstić information content (AvgIpc) is 2.30. The van der Waals surface area contributed by atoms with E-state index in [1.807, 2.05) is 6.92 Å². The van der Waals surface area contributed by atoms with Crippen molar-refractivity contribution in [2.24, 2.45) is 11.3 Å². The second kappa shape index (κ2) is 3.17. The summed E-state index contributed by atoms with van der Waals surface area (Å²) in [5, 5.41) is 0. The van der Waals surface area contributed by atoms with Crippen molar-refractivity contribution in [3.8, 4) is 0 Å². The van der Waals surface area contributed by atoms with E-state index in [9.17, 15) is 4.79 Å². The highest BCUT2D eigenvalue weighted by Crippen LogP contribution is 2.35. The molecule has 1 aliphatic heterocycles. The molecular formula is C11H18O2. The number of Topliss-reactive ketones (excluding diaryl/α,β-unsaturated/α-hetero) is 1. The number of carbonyl (C=O) groups is 1. The second-order valence-corrected chi connectivity index (χ2v) is 4.79. The summed E-state index contributed by atoms with van der Waals surface area (Å²) in [5.41, 5.74) is 0.962. The maximum atomic E-state index is 11.2. The summed E-state index contributed by atoms with van der Waals surface area (Å²) in [6.45, 7) is 10.7. The van der Waals surface area contributed by atoms with Gasteiger partial charge in [-0.25, -0.2) is 0 Å². The Balaban J connectivity index is 2.91. The monoisotopic (exact) mass is 182 g/mol. The molecule has 0 aromatic carbocycles. The first kappa shape index (κ1) is 10.3. The Hall–Kier alpha value is -0.790. The van der Waals surface area contributed by atoms with Gasteiger partial charge in [0, 0.05) is 11.5 Å². The van der Waals surface area contributed by atoms with Gasteiger partial charge in [0.15, 0.2) is 12.4 Å². The van der Waals surface area contributed by atoms with Gasteiger partial charge in [-0.1, -0.05) is 27.7 Å². The Kier molecular flexibility index (Phi) is 2.51. The summed E-state index contributed by atoms with van der Waals surface area (Å²) in [5.74, 6) is 1.32. The van der Waals surface area contributed by atoms with Crippen molar-refractivity contribution in [3.05, 3.63) is 11.3 Å². The lowest BCUT2D eigenvalue weighted by Crippen LogP contribution is -2.20. The number of hydrogen-bond acceptors (Lipinski definition) is 2. The van der Waals surface area contributed by atoms with E-state index in [4.69, 9.17) is 4.74 Å². The number of ether oxygens (including phenoxy) is 1. The first-order valence-corrected chi connectivity index (χ1v) is 4.71. The maximum Gasteiger partial charge on any atom is 0.199 e. The van der Waals surface area contributed by atoms with Crippen LogP contribution in [0.25, 0.3) is 0 Å². The van der Waals surface area contributed by atoms with Crippen molar-refractivity contribution < 1.29 is 9.53 Å². The molecular weight excluding hydrogens is 164 g/mol. The lowest BCUT2D eigenvalue weighted by Gasteiger charge is -2.27. The van der Waals surface area contributed by atoms with Crippen LogP contribution >= 0.6 is 0 Å². The predicted octanol–water partition coefficient (Wildman–Crippen LogP) is 2.54. The van der Waals surface area contributed by atoms with Gasteiger partial charge < -0.3 is 4.74 Å². The molecule has 1 heterocycles. The minimum atomic E-state index is 0.131. The van der Waals surface area contributed by atoms with Crippen LogP contribution < -0.4 is 0 Å². The Morgan fingerprint density at radius 2 is 1.92 bits per heavy atom. The van der Waals surface area contributed by atoms with Crippen LogP contribution in [0, 0.1) is 11.3 Å². The molecule has 0 aliphatic carbocycles. The molecule has 2 nitrogen and oxygen atoms in total. The SMILES string of the molecule is CC1=C(C(C)C(C)(C)C)OCC1=O. The summed E-state index contributed by atoms with van der Waals surface area (Å²) < 4.78 is 5.40. The third kappa shape index (κ3) is 1.93. The molecule has 2 heteroatoms. The molecule has 0 saturated heterocycles. The zero-order chi connectivity index (χ0) is 10.2. The van der Waals surface area contributed by atoms with Gasteiger partial charge in [-0.2, -0.15) is 0 Å². The van der Waals surface area contributed by atoms with Gasteiger partial charge in [-0.3, -0.25) is 4.79 Å². The molecule has 74 valence electrons. The van der Waals surface area contributed by atoms with Crippen LogP contribution in [-0.4, -0.2) is 12.4 Å². The smallest absolute Gasteiger partial charge is 0.199 e. The third-order valence-electron chi connectivity index (χ3n) is 2.84. The molecule has 0 N–H and O–H groups in total. The van der Waals surface area contributed by atoms with E-state index in [1.165, 1.54) is 0 Å². The van der Waals surface area contributed by atoms with E-state index >= 15 is 0 Å². The fraction of sp³-hybridized carbons (Fsp3) is 0.727. The first-order valence-electron chi connectivity index (χ1n) is 4.71. The summed E-state index contributed by atoms with van der Waals surface area (Å²) in [4.78, 5) is 11.2. The van der Waals surface area contributed by atoms with Crippen LogP contribution in [0.15, 0.2) is 11.3 Å². The Morgan fingerprint density at radius 1 is 1.38 bits per heavy atom. The zero-order valence-electron chi connectivity index (χ0n) is 9.10. The summed E-state index contributed by atoms with van der Waals surface area (Å²) >= 11 is 0. The van der Waals surface area contributed by atoms with Gasteiger partial charge in [0.05, 0.1) is 0 Å². The van der Waals surface area contributed by atoms with Crippen molar-refractivity contribution in [1.82, 2.24) is 0 Å². The van der Waals surface area contributed by atoms with Gasteiger partial charge in [-0.15, -0.1) is 0 Å². The number of ketones is 1. The molecule has 0 saturated carbocycles. The van der Waals surface area contributed by atoms with Crippen molar-refractivity contribution >= 4 is 5.78 Å². The van der Waals surface area contributed by atoms with E-state index in [-0.39, 0.29) is 17.8 Å². The van der Waals surface area contributed by atoms with Crippen LogP contribution in [0.1, 0.15) is 34.6 Å². The van der Waals surface area contributed by atoms with E-state index in [1.54, 1.807) is 0 Å². The van der Waals surface area contributed by atoms with Gasteiger partial charge >= 0.3 is 0 Å². The standard InChI is InChI=1S/C11H18O2/c1-7-9(12)6-13-10(7)8(2)11(3,4)5/h8H,6H2,1-5H3. The zero-order valence-corrected chi connectivity index (χ0v) is 9.10. The van der Waals surface area contributed by atoms with E-state index in [0.717, 1.165) is 11.3 Å². The third-order valence-corrected chi connectivity index (χ3v) is 2.84. The van der Waals surface area contributed by atoms with Crippen LogP contribution in [0.2, 0.25) is 0 Å². The van der Waals surface area contributed by atoms with Crippen molar-refractivity contribution in [1.29, 1.82) is 0 Å². The molecule has 1 rings (SSSR count). The molecule has 0 fully saturated rings. The number of rotatable bonds is 1. The van der Waals surface area contributed by atoms with E-state index < -0.39 is 0 Å². The molecule has 0 bridgehead atoms. The lowest BCUT2D eigenvalue weighted by atomic mass is 9.80. The summed E-state index contributed by atoms with van der Waals surface area (Å²) in [7, 11) is 0. The molecule has 0 aromatic rings. The normalized spacial score (nSPS) is 20.5. The summed E-state index contributed by atoms with van der Waals surface area (Å²) in [6, 6.07) is 0. The molecule has 0 amide bonds. The highest BCUT2D eigenvalue weighted by atomic mass is 16.5. The van der Waals surface area contributed by atoms with Crippen LogP contribution in [0.5, 0.6) is 0 Å². The van der Waals surface area contributed by atoms with E-state index in [0.29, 0.717) is 5.92 Å². The maximum absolute atomic E-state index is 11.2. The lowest BCUT2D eigenvalue weighted by molar-refractivity contribution is -0.116. The molecule has 1 atom stereocenters. The average molecular weight is 182 g/mol. The quantitative estimate of drug-likeness (QED) is 0.623. The molecule has 0 spiro atoms. The first-order chi connectivity index (χ1) is 5.84. The highest BCUT2D eigenvalue weighted by molar-refractivity contribution is 5.98. The Labute approximate surface area is 80.0 Å². The second-order valence-electron chi connectivity index (χ2n) is 4.79. The molecule has 13 heavy (non-hydrogen) atoms. The Morgan fingerprint density at radius 3 is 2.23 bits per heavy atom. The minimum absolute atomic E-state index is 0.131. The predicted molar refractivity (Wildman–Crippen MR) is 52.3 cm³/mol. The van der Waals surface area contributed by atoms with Crippen LogP contribution in [-0.2, 0) is 9.53 Å². The van der Waals surface area contributed by atoms with Gasteiger partial charge in [0.25, 0.3) is 0 Å². The van der Waals surface area contributed by atoms with Crippen molar-refractivity contribution in [2.75, 3.05) is 6.61 Å². The number of carbonyl (C=O) groups excluding carboxylic acids is 1. The summed E-state index contributed by atoms with van der Waals surface area (Å²) in [6.07, 6.45) is 0. The fourth-order valence-corrected chi connectivity index (χ4v) is 1.34. The number of hydrogen-bond donors (Lipinski definition) is 0. The van der Waals surface area contributed by atoms with Crippen LogP contribution in [0.4, 0.5) is 0 Å².